The summed E-state index contributed by atoms with van der Waals surface area (Å²) in [6, 6.07) is 19.9. The van der Waals surface area contributed by atoms with Crippen LogP contribution in [-0.4, -0.2) is 18.2 Å². The zero-order valence-electron chi connectivity index (χ0n) is 15.3. The first kappa shape index (κ1) is 19.6. The predicted molar refractivity (Wildman–Crippen MR) is 110 cm³/mol. The van der Waals surface area contributed by atoms with Gasteiger partial charge < -0.3 is 19.9 Å². The molecule has 0 saturated heterocycles. The second-order valence-electron chi connectivity index (χ2n) is 6.14. The van der Waals surface area contributed by atoms with Gasteiger partial charge in [0.05, 0.1) is 12.7 Å². The molecule has 0 aliphatic heterocycles. The van der Waals surface area contributed by atoms with E-state index in [0.717, 1.165) is 16.8 Å². The van der Waals surface area contributed by atoms with Gasteiger partial charge in [-0.1, -0.05) is 29.8 Å². The second-order valence-corrected chi connectivity index (χ2v) is 6.57. The summed E-state index contributed by atoms with van der Waals surface area (Å²) in [5.74, 6) is 0.368. The number of halogens is 1. The number of carboxylic acid groups (broad SMARTS) is 1. The first-order chi connectivity index (χ1) is 13.5. The van der Waals surface area contributed by atoms with E-state index in [1.54, 1.807) is 31.4 Å². The van der Waals surface area contributed by atoms with Crippen molar-refractivity contribution in [1.82, 2.24) is 0 Å². The van der Waals surface area contributed by atoms with E-state index in [-0.39, 0.29) is 5.56 Å². The summed E-state index contributed by atoms with van der Waals surface area (Å²) < 4.78 is 11.3. The lowest BCUT2D eigenvalue weighted by Gasteiger charge is -2.13. The average Bonchev–Trinajstić information content (AvgIpc) is 2.72. The molecule has 0 amide bonds. The molecule has 2 N–H and O–H groups in total. The number of carboxylic acids is 1. The zero-order chi connectivity index (χ0) is 19.9. The van der Waals surface area contributed by atoms with Crippen molar-refractivity contribution < 1.29 is 19.4 Å². The highest BCUT2D eigenvalue weighted by atomic mass is 35.5. The van der Waals surface area contributed by atoms with Crippen molar-refractivity contribution in [2.45, 2.75) is 13.2 Å². The Kier molecular flexibility index (Phi) is 6.40. The molecule has 0 unspecified atom stereocenters. The lowest BCUT2D eigenvalue weighted by Crippen LogP contribution is -2.02. The summed E-state index contributed by atoms with van der Waals surface area (Å²) in [5, 5.41) is 12.9. The van der Waals surface area contributed by atoms with Gasteiger partial charge in [0.15, 0.2) is 11.5 Å². The number of ether oxygens (including phenoxy) is 2. The van der Waals surface area contributed by atoms with Gasteiger partial charge in [-0.15, -0.1) is 0 Å². The summed E-state index contributed by atoms with van der Waals surface area (Å²) in [5.41, 5.74) is 3.13. The SMILES string of the molecule is COc1cc(CNc2ccc(C(=O)O)cc2)ccc1OCc1ccc(Cl)cc1. The number of anilines is 1. The smallest absolute Gasteiger partial charge is 0.335 e. The van der Waals surface area contributed by atoms with Gasteiger partial charge >= 0.3 is 5.97 Å². The van der Waals surface area contributed by atoms with E-state index in [1.165, 1.54) is 0 Å². The fourth-order valence-electron chi connectivity index (χ4n) is 2.62. The summed E-state index contributed by atoms with van der Waals surface area (Å²) in [4.78, 5) is 10.9. The van der Waals surface area contributed by atoms with Crippen LogP contribution in [0.5, 0.6) is 11.5 Å². The monoisotopic (exact) mass is 397 g/mol. The minimum Gasteiger partial charge on any atom is -0.493 e. The highest BCUT2D eigenvalue weighted by Gasteiger charge is 2.07. The van der Waals surface area contributed by atoms with E-state index >= 15 is 0 Å². The lowest BCUT2D eigenvalue weighted by atomic mass is 10.1. The first-order valence-electron chi connectivity index (χ1n) is 8.66. The van der Waals surface area contributed by atoms with Crippen molar-refractivity contribution in [1.29, 1.82) is 0 Å². The van der Waals surface area contributed by atoms with Crippen molar-refractivity contribution >= 4 is 23.3 Å². The van der Waals surface area contributed by atoms with Crippen LogP contribution in [0.1, 0.15) is 21.5 Å². The number of methoxy groups -OCH3 is 1. The summed E-state index contributed by atoms with van der Waals surface area (Å²) in [7, 11) is 1.60. The van der Waals surface area contributed by atoms with Crippen molar-refractivity contribution in [3.05, 3.63) is 88.4 Å². The minimum atomic E-state index is -0.939. The van der Waals surface area contributed by atoms with Crippen molar-refractivity contribution in [2.24, 2.45) is 0 Å². The number of benzene rings is 3. The Hall–Kier alpha value is -3.18. The molecule has 0 atom stereocenters. The van der Waals surface area contributed by atoms with Gasteiger partial charge in [0.25, 0.3) is 0 Å². The molecule has 3 rings (SSSR count). The van der Waals surface area contributed by atoms with Crippen molar-refractivity contribution in [3.8, 4) is 11.5 Å². The van der Waals surface area contributed by atoms with E-state index in [2.05, 4.69) is 5.32 Å². The van der Waals surface area contributed by atoms with Gasteiger partial charge in [-0.05, 0) is 59.7 Å². The third-order valence-corrected chi connectivity index (χ3v) is 4.42. The van der Waals surface area contributed by atoms with Crippen LogP contribution < -0.4 is 14.8 Å². The second kappa shape index (κ2) is 9.15. The van der Waals surface area contributed by atoms with Crippen LogP contribution in [0.4, 0.5) is 5.69 Å². The normalized spacial score (nSPS) is 10.4. The maximum Gasteiger partial charge on any atom is 0.335 e. The highest BCUT2D eigenvalue weighted by molar-refractivity contribution is 6.30. The first-order valence-corrected chi connectivity index (χ1v) is 9.04. The predicted octanol–water partition coefficient (Wildman–Crippen LogP) is 5.24. The fraction of sp³-hybridized carbons (Fsp3) is 0.136. The maximum atomic E-state index is 10.9. The van der Waals surface area contributed by atoms with Crippen LogP contribution in [0.3, 0.4) is 0 Å². The molecule has 6 heteroatoms. The van der Waals surface area contributed by atoms with Gasteiger partial charge in [0.2, 0.25) is 0 Å². The Morgan fingerprint density at radius 2 is 1.64 bits per heavy atom. The van der Waals surface area contributed by atoms with E-state index in [0.29, 0.717) is 29.7 Å². The van der Waals surface area contributed by atoms with E-state index in [9.17, 15) is 4.79 Å². The van der Waals surface area contributed by atoms with Gasteiger partial charge in [0, 0.05) is 17.3 Å². The van der Waals surface area contributed by atoms with E-state index in [1.807, 2.05) is 42.5 Å². The molecule has 0 aliphatic rings. The summed E-state index contributed by atoms with van der Waals surface area (Å²) in [6.07, 6.45) is 0. The molecular formula is C22H20ClNO4. The molecule has 3 aromatic carbocycles. The van der Waals surface area contributed by atoms with Gasteiger partial charge in [-0.25, -0.2) is 4.79 Å². The summed E-state index contributed by atoms with van der Waals surface area (Å²) >= 11 is 5.90. The molecule has 0 aromatic heterocycles. The fourth-order valence-corrected chi connectivity index (χ4v) is 2.74. The third-order valence-electron chi connectivity index (χ3n) is 4.16. The molecule has 144 valence electrons. The Labute approximate surface area is 168 Å². The Bertz CT molecular complexity index is 940. The van der Waals surface area contributed by atoms with Gasteiger partial charge in [0.1, 0.15) is 6.61 Å². The number of carbonyl (C=O) groups is 1. The number of nitrogens with one attached hydrogen (secondary N) is 1. The average molecular weight is 398 g/mol. The van der Waals surface area contributed by atoms with Crippen LogP contribution in [0, 0.1) is 0 Å². The van der Waals surface area contributed by atoms with Gasteiger partial charge in [-0.3, -0.25) is 0 Å². The molecule has 3 aromatic rings. The molecule has 0 radical (unpaired) electrons. The Morgan fingerprint density at radius 1 is 0.964 bits per heavy atom. The number of hydrogen-bond acceptors (Lipinski definition) is 4. The quantitative estimate of drug-likeness (QED) is 0.544. The third kappa shape index (κ3) is 5.18. The molecular weight excluding hydrogens is 378 g/mol. The van der Waals surface area contributed by atoms with Crippen molar-refractivity contribution in [2.75, 3.05) is 12.4 Å². The standard InChI is InChI=1S/C22H20ClNO4/c1-27-21-12-16(13-24-19-9-5-17(6-10-19)22(25)26)4-11-20(21)28-14-15-2-7-18(23)8-3-15/h2-12,24H,13-14H2,1H3,(H,25,26). The molecule has 0 fully saturated rings. The Balaban J connectivity index is 1.61. The number of rotatable bonds is 8. The molecule has 0 aliphatic carbocycles. The molecule has 28 heavy (non-hydrogen) atoms. The number of aromatic carboxylic acids is 1. The van der Waals surface area contributed by atoms with Crippen LogP contribution in [0.15, 0.2) is 66.7 Å². The molecule has 0 spiro atoms. The molecule has 0 heterocycles. The molecule has 5 nitrogen and oxygen atoms in total. The van der Waals surface area contributed by atoms with Crippen LogP contribution >= 0.6 is 11.6 Å². The van der Waals surface area contributed by atoms with Crippen LogP contribution in [0.25, 0.3) is 0 Å². The topological polar surface area (TPSA) is 67.8 Å². The van der Waals surface area contributed by atoms with E-state index in [4.69, 9.17) is 26.2 Å². The van der Waals surface area contributed by atoms with Crippen molar-refractivity contribution in [3.63, 3.8) is 0 Å². The molecule has 0 bridgehead atoms. The van der Waals surface area contributed by atoms with Crippen LogP contribution in [0.2, 0.25) is 5.02 Å². The maximum absolute atomic E-state index is 10.9. The lowest BCUT2D eigenvalue weighted by molar-refractivity contribution is 0.0697. The highest BCUT2D eigenvalue weighted by Crippen LogP contribution is 2.29. The Morgan fingerprint density at radius 3 is 2.29 bits per heavy atom. The minimum absolute atomic E-state index is 0.259. The molecule has 0 saturated carbocycles. The largest absolute Gasteiger partial charge is 0.493 e. The van der Waals surface area contributed by atoms with Crippen LogP contribution in [-0.2, 0) is 13.2 Å². The zero-order valence-corrected chi connectivity index (χ0v) is 16.1. The van der Waals surface area contributed by atoms with Gasteiger partial charge in [-0.2, -0.15) is 0 Å². The number of hydrogen-bond donors (Lipinski definition) is 2. The summed E-state index contributed by atoms with van der Waals surface area (Å²) in [6.45, 7) is 0.987. The van der Waals surface area contributed by atoms with E-state index < -0.39 is 5.97 Å².